The summed E-state index contributed by atoms with van der Waals surface area (Å²) in [5.74, 6) is -1.42. The van der Waals surface area contributed by atoms with Gasteiger partial charge in [0.15, 0.2) is 5.79 Å². The molecule has 5 heterocycles. The van der Waals surface area contributed by atoms with Crippen molar-refractivity contribution in [3.63, 3.8) is 0 Å². The number of aromatic nitrogens is 3. The number of hydrogen-bond donors (Lipinski definition) is 1. The summed E-state index contributed by atoms with van der Waals surface area (Å²) >= 11 is 1.58. The Morgan fingerprint density at radius 1 is 1.32 bits per heavy atom. The maximum absolute atomic E-state index is 10.7. The molecule has 0 aromatic carbocycles. The molecule has 2 aromatic heterocycles. The molecular weight excluding hydrogens is 488 g/mol. The first kappa shape index (κ1) is 26.6. The van der Waals surface area contributed by atoms with E-state index in [0.29, 0.717) is 6.54 Å². The topological polar surface area (TPSA) is 99.2 Å². The zero-order valence-corrected chi connectivity index (χ0v) is 22.9. The van der Waals surface area contributed by atoms with Crippen molar-refractivity contribution >= 4 is 17.3 Å². The van der Waals surface area contributed by atoms with Gasteiger partial charge in [-0.25, -0.2) is 9.50 Å². The van der Waals surface area contributed by atoms with Crippen LogP contribution < -0.4 is 0 Å². The number of nitrogens with zero attached hydrogens (tertiary/aromatic N) is 6. The zero-order chi connectivity index (χ0) is 26.2. The number of aliphatic hydroxyl groups is 1. The lowest BCUT2D eigenvalue weighted by Crippen LogP contribution is -2.54. The molecule has 10 heteroatoms. The van der Waals surface area contributed by atoms with Crippen molar-refractivity contribution in [1.29, 1.82) is 5.26 Å². The molecule has 4 atom stereocenters. The Morgan fingerprint density at radius 2 is 2.11 bits per heavy atom. The summed E-state index contributed by atoms with van der Waals surface area (Å²) in [4.78, 5) is 9.27. The molecule has 3 aliphatic heterocycles. The lowest BCUT2D eigenvalue weighted by Gasteiger charge is -2.45. The molecule has 9 nitrogen and oxygen atoms in total. The summed E-state index contributed by atoms with van der Waals surface area (Å²) in [5.41, 5.74) is 1.97. The van der Waals surface area contributed by atoms with Crippen LogP contribution in [0.1, 0.15) is 51.3 Å². The van der Waals surface area contributed by atoms with E-state index in [-0.39, 0.29) is 17.6 Å². The molecule has 3 saturated heterocycles. The molecule has 200 valence electrons. The largest absolute Gasteiger partial charge is 0.366 e. The SMILES string of the molecule is C=C[C@H]1[C@@H](OC(C)(C)O)[C@H](c2ccc3c(SC)ncnn23)O[C@@H]1CN1CCCC12CCN(CC#N)CC2. The van der Waals surface area contributed by atoms with E-state index in [9.17, 15) is 5.11 Å². The molecule has 0 saturated carbocycles. The van der Waals surface area contributed by atoms with Gasteiger partial charge in [0.05, 0.1) is 29.9 Å². The number of piperidine rings is 1. The molecular formula is C27H38N6O3S. The first-order valence-corrected chi connectivity index (χ1v) is 14.4. The highest BCUT2D eigenvalue weighted by Gasteiger charge is 2.51. The first-order chi connectivity index (χ1) is 17.8. The van der Waals surface area contributed by atoms with Gasteiger partial charge >= 0.3 is 0 Å². The van der Waals surface area contributed by atoms with E-state index in [2.05, 4.69) is 32.5 Å². The molecule has 1 N–H and O–H groups in total. The maximum Gasteiger partial charge on any atom is 0.160 e. The summed E-state index contributed by atoms with van der Waals surface area (Å²) in [7, 11) is 0. The van der Waals surface area contributed by atoms with Gasteiger partial charge < -0.3 is 14.6 Å². The second kappa shape index (κ2) is 10.6. The minimum absolute atomic E-state index is 0.0971. The van der Waals surface area contributed by atoms with Crippen molar-refractivity contribution in [2.45, 2.75) is 74.2 Å². The fourth-order valence-electron chi connectivity index (χ4n) is 6.53. The van der Waals surface area contributed by atoms with Gasteiger partial charge in [0, 0.05) is 31.1 Å². The molecule has 0 bridgehead atoms. The van der Waals surface area contributed by atoms with Crippen LogP contribution in [-0.2, 0) is 9.47 Å². The number of likely N-dealkylation sites (tertiary alicyclic amines) is 2. The highest BCUT2D eigenvalue weighted by molar-refractivity contribution is 7.98. The van der Waals surface area contributed by atoms with Crippen molar-refractivity contribution in [3.05, 3.63) is 36.8 Å². The molecule has 0 unspecified atom stereocenters. The lowest BCUT2D eigenvalue weighted by atomic mass is 9.84. The van der Waals surface area contributed by atoms with Crippen LogP contribution in [0, 0.1) is 17.2 Å². The van der Waals surface area contributed by atoms with Crippen molar-refractivity contribution in [1.82, 2.24) is 24.4 Å². The smallest absolute Gasteiger partial charge is 0.160 e. The molecule has 3 fully saturated rings. The third kappa shape index (κ3) is 5.18. The first-order valence-electron chi connectivity index (χ1n) is 13.2. The quantitative estimate of drug-likeness (QED) is 0.240. The van der Waals surface area contributed by atoms with Gasteiger partial charge in [-0.05, 0) is 64.5 Å². The van der Waals surface area contributed by atoms with Crippen molar-refractivity contribution in [2.24, 2.45) is 5.92 Å². The number of fused-ring (bicyclic) bond motifs is 1. The minimum Gasteiger partial charge on any atom is -0.366 e. The van der Waals surface area contributed by atoms with Gasteiger partial charge in [-0.1, -0.05) is 6.08 Å². The van der Waals surface area contributed by atoms with Crippen molar-refractivity contribution < 1.29 is 14.6 Å². The molecule has 0 amide bonds. The summed E-state index contributed by atoms with van der Waals surface area (Å²) in [6.45, 7) is 11.7. The Bertz CT molecular complexity index is 1150. The van der Waals surface area contributed by atoms with Gasteiger partial charge in [0.25, 0.3) is 0 Å². The van der Waals surface area contributed by atoms with Gasteiger partial charge in [-0.3, -0.25) is 9.80 Å². The van der Waals surface area contributed by atoms with Crippen molar-refractivity contribution in [3.8, 4) is 6.07 Å². The van der Waals surface area contributed by atoms with E-state index in [0.717, 1.165) is 55.3 Å². The third-order valence-corrected chi connectivity index (χ3v) is 8.98. The van der Waals surface area contributed by atoms with E-state index < -0.39 is 18.0 Å². The van der Waals surface area contributed by atoms with Crippen LogP contribution in [0.2, 0.25) is 0 Å². The standard InChI is InChI=1S/C27H38N6O3S/c1-5-19-22(17-32-13-6-9-27(32)10-14-31(15-11-27)16-12-28)35-24(23(19)36-26(2,3)34)20-7-8-21-25(37-4)29-18-30-33(20)21/h5,7-8,18-19,22-24,34H,1,6,9-11,13-17H2,2-4H3/t19-,22-,23-,24+/m1/s1. The highest BCUT2D eigenvalue weighted by atomic mass is 32.2. The fourth-order valence-corrected chi connectivity index (χ4v) is 7.04. The molecule has 0 aliphatic carbocycles. The average molecular weight is 527 g/mol. The molecule has 3 aliphatic rings. The van der Waals surface area contributed by atoms with E-state index in [4.69, 9.17) is 14.7 Å². The van der Waals surface area contributed by atoms with E-state index in [1.807, 2.05) is 29.0 Å². The normalized spacial score (nSPS) is 28.7. The third-order valence-electron chi connectivity index (χ3n) is 8.28. The van der Waals surface area contributed by atoms with Crippen LogP contribution in [0.15, 0.2) is 36.1 Å². The van der Waals surface area contributed by atoms with Crippen LogP contribution in [-0.4, -0.2) is 92.0 Å². The highest BCUT2D eigenvalue weighted by Crippen LogP contribution is 2.45. The predicted octanol–water partition coefficient (Wildman–Crippen LogP) is 3.26. The molecule has 5 rings (SSSR count). The molecule has 37 heavy (non-hydrogen) atoms. The van der Waals surface area contributed by atoms with Crippen LogP contribution in [0.5, 0.6) is 0 Å². The van der Waals surface area contributed by atoms with E-state index in [1.54, 1.807) is 31.9 Å². The molecule has 2 aromatic rings. The lowest BCUT2D eigenvalue weighted by molar-refractivity contribution is -0.219. The van der Waals surface area contributed by atoms with E-state index in [1.165, 1.54) is 12.8 Å². The number of hydrogen-bond acceptors (Lipinski definition) is 9. The van der Waals surface area contributed by atoms with Crippen molar-refractivity contribution in [2.75, 3.05) is 39.0 Å². The second-order valence-electron chi connectivity index (χ2n) is 11.0. The Labute approximate surface area is 223 Å². The summed E-state index contributed by atoms with van der Waals surface area (Å²) in [6, 6.07) is 6.34. The van der Waals surface area contributed by atoms with Gasteiger partial charge in [0.1, 0.15) is 23.6 Å². The molecule has 0 radical (unpaired) electrons. The van der Waals surface area contributed by atoms with E-state index >= 15 is 0 Å². The van der Waals surface area contributed by atoms with Gasteiger partial charge in [-0.2, -0.15) is 10.4 Å². The minimum atomic E-state index is -1.32. The summed E-state index contributed by atoms with van der Waals surface area (Å²) in [5, 5.41) is 25.2. The van der Waals surface area contributed by atoms with Crippen LogP contribution in [0.3, 0.4) is 0 Å². The Hall–Kier alpha value is -2.00. The fraction of sp³-hybridized carbons (Fsp3) is 0.667. The van der Waals surface area contributed by atoms with Crippen LogP contribution >= 0.6 is 11.8 Å². The number of thioether (sulfide) groups is 1. The summed E-state index contributed by atoms with van der Waals surface area (Å²) < 4.78 is 15.0. The Kier molecular flexibility index (Phi) is 7.65. The Morgan fingerprint density at radius 3 is 2.78 bits per heavy atom. The predicted molar refractivity (Wildman–Crippen MR) is 142 cm³/mol. The summed E-state index contributed by atoms with van der Waals surface area (Å²) in [6.07, 6.45) is 9.05. The monoisotopic (exact) mass is 526 g/mol. The van der Waals surface area contributed by atoms with Gasteiger partial charge in [-0.15, -0.1) is 18.3 Å². The number of ether oxygens (including phenoxy) is 2. The number of nitriles is 1. The average Bonchev–Trinajstić information content (AvgIpc) is 3.56. The Balaban J connectivity index is 1.42. The maximum atomic E-state index is 10.7. The van der Waals surface area contributed by atoms with Gasteiger partial charge in [0.2, 0.25) is 0 Å². The van der Waals surface area contributed by atoms with Crippen LogP contribution in [0.4, 0.5) is 0 Å². The second-order valence-corrected chi connectivity index (χ2v) is 11.8. The number of rotatable bonds is 8. The van der Waals surface area contributed by atoms with Crippen LogP contribution in [0.25, 0.3) is 5.52 Å². The zero-order valence-electron chi connectivity index (χ0n) is 22.0. The molecule has 1 spiro atoms.